The van der Waals surface area contributed by atoms with Gasteiger partial charge in [0.2, 0.25) is 5.91 Å². The number of nitrogens with one attached hydrogen (secondary N) is 2. The number of fused-ring (bicyclic) bond motifs is 1. The van der Waals surface area contributed by atoms with E-state index in [0.717, 1.165) is 25.7 Å². The van der Waals surface area contributed by atoms with Crippen LogP contribution in [-0.2, 0) is 21.2 Å². The minimum atomic E-state index is -3.48. The first-order valence-electron chi connectivity index (χ1n) is 9.43. The molecule has 150 valence electrons. The Morgan fingerprint density at radius 1 is 1.21 bits per heavy atom. The van der Waals surface area contributed by atoms with Crippen molar-refractivity contribution in [3.05, 3.63) is 52.2 Å². The third kappa shape index (κ3) is 5.42. The number of amidine groups is 1. The van der Waals surface area contributed by atoms with Crippen molar-refractivity contribution in [2.45, 2.75) is 50.0 Å². The number of carbonyl (C=O) groups excluding carboxylic acids is 1. The van der Waals surface area contributed by atoms with E-state index in [1.54, 1.807) is 35.6 Å². The SMILES string of the molecule is CC(Cc1ccsc1)NC(=O)CCCCCN=C1NS(=O)(=O)c2ccccc21. The van der Waals surface area contributed by atoms with E-state index in [4.69, 9.17) is 0 Å². The molecule has 2 N–H and O–H groups in total. The van der Waals surface area contributed by atoms with Crippen molar-refractivity contribution >= 4 is 33.1 Å². The summed E-state index contributed by atoms with van der Waals surface area (Å²) in [7, 11) is -3.48. The van der Waals surface area contributed by atoms with Crippen molar-refractivity contribution in [1.29, 1.82) is 0 Å². The van der Waals surface area contributed by atoms with E-state index in [2.05, 4.69) is 26.5 Å². The molecule has 1 unspecified atom stereocenters. The predicted octanol–water partition coefficient (Wildman–Crippen LogP) is 3.09. The van der Waals surface area contributed by atoms with Crippen LogP contribution in [0, 0.1) is 0 Å². The van der Waals surface area contributed by atoms with Crippen LogP contribution in [0.1, 0.15) is 43.7 Å². The Bertz CT molecular complexity index is 937. The molecule has 0 bridgehead atoms. The summed E-state index contributed by atoms with van der Waals surface area (Å²) in [5.41, 5.74) is 1.88. The lowest BCUT2D eigenvalue weighted by Gasteiger charge is -2.13. The van der Waals surface area contributed by atoms with Crippen molar-refractivity contribution in [3.63, 3.8) is 0 Å². The van der Waals surface area contributed by atoms with E-state index >= 15 is 0 Å². The molecule has 0 saturated heterocycles. The molecular formula is C20H25N3O3S2. The number of sulfonamides is 1. The Hall–Kier alpha value is -2.19. The Kier molecular flexibility index (Phi) is 6.85. The largest absolute Gasteiger partial charge is 0.353 e. The maximum absolute atomic E-state index is 12.0. The second kappa shape index (κ2) is 9.34. The molecule has 0 fully saturated rings. The lowest BCUT2D eigenvalue weighted by atomic mass is 10.1. The van der Waals surface area contributed by atoms with Gasteiger partial charge in [-0.3, -0.25) is 14.5 Å². The molecule has 1 aromatic heterocycles. The van der Waals surface area contributed by atoms with Gasteiger partial charge in [0.1, 0.15) is 5.84 Å². The van der Waals surface area contributed by atoms with Gasteiger partial charge in [-0.05, 0) is 60.7 Å². The lowest BCUT2D eigenvalue weighted by Crippen LogP contribution is -2.33. The van der Waals surface area contributed by atoms with Crippen molar-refractivity contribution in [3.8, 4) is 0 Å². The molecule has 3 rings (SSSR count). The zero-order valence-electron chi connectivity index (χ0n) is 15.8. The standard InChI is InChI=1S/C20H25N3O3S2/c1-15(13-16-10-12-27-14-16)22-19(24)9-3-2-6-11-21-20-17-7-4-5-8-18(17)28(25,26)23-20/h4-5,7-8,10,12,14-15H,2-3,6,9,11,13H2,1H3,(H,21,23)(H,22,24). The third-order valence-corrected chi connectivity index (χ3v) is 6.65. The van der Waals surface area contributed by atoms with Gasteiger partial charge in [-0.2, -0.15) is 11.3 Å². The molecule has 1 amide bonds. The molecule has 0 radical (unpaired) electrons. The number of thiophene rings is 1. The molecule has 6 nitrogen and oxygen atoms in total. The highest BCUT2D eigenvalue weighted by Crippen LogP contribution is 2.22. The van der Waals surface area contributed by atoms with Crippen LogP contribution in [0.25, 0.3) is 0 Å². The summed E-state index contributed by atoms with van der Waals surface area (Å²) in [5, 5.41) is 7.18. The molecule has 2 aromatic rings. The smallest absolute Gasteiger partial charge is 0.263 e. The summed E-state index contributed by atoms with van der Waals surface area (Å²) >= 11 is 1.67. The van der Waals surface area contributed by atoms with E-state index in [-0.39, 0.29) is 16.8 Å². The summed E-state index contributed by atoms with van der Waals surface area (Å²) in [4.78, 5) is 16.7. The zero-order chi connectivity index (χ0) is 20.0. The van der Waals surface area contributed by atoms with Crippen LogP contribution in [0.2, 0.25) is 0 Å². The van der Waals surface area contributed by atoms with Crippen LogP contribution in [0.3, 0.4) is 0 Å². The fourth-order valence-corrected chi connectivity index (χ4v) is 5.11. The average Bonchev–Trinajstić information content (AvgIpc) is 3.24. The van der Waals surface area contributed by atoms with Gasteiger partial charge in [0.25, 0.3) is 10.0 Å². The van der Waals surface area contributed by atoms with Crippen molar-refractivity contribution in [2.24, 2.45) is 4.99 Å². The van der Waals surface area contributed by atoms with E-state index in [0.29, 0.717) is 24.4 Å². The van der Waals surface area contributed by atoms with E-state index < -0.39 is 10.0 Å². The summed E-state index contributed by atoms with van der Waals surface area (Å²) in [6.07, 6.45) is 3.83. The highest BCUT2D eigenvalue weighted by atomic mass is 32.2. The maximum Gasteiger partial charge on any atom is 0.263 e. The van der Waals surface area contributed by atoms with Gasteiger partial charge in [-0.25, -0.2) is 8.42 Å². The van der Waals surface area contributed by atoms with Crippen LogP contribution in [0.4, 0.5) is 0 Å². The Balaban J connectivity index is 1.35. The second-order valence-electron chi connectivity index (χ2n) is 6.95. The number of nitrogens with zero attached hydrogens (tertiary/aromatic N) is 1. The van der Waals surface area contributed by atoms with Gasteiger partial charge in [0.05, 0.1) is 4.90 Å². The summed E-state index contributed by atoms with van der Waals surface area (Å²) in [6.45, 7) is 2.55. The summed E-state index contributed by atoms with van der Waals surface area (Å²) in [6, 6.07) is 9.05. The fraction of sp³-hybridized carbons (Fsp3) is 0.400. The van der Waals surface area contributed by atoms with Gasteiger partial charge in [-0.15, -0.1) is 0 Å². The Morgan fingerprint density at radius 3 is 2.82 bits per heavy atom. The normalized spacial score (nSPS) is 17.1. The minimum Gasteiger partial charge on any atom is -0.353 e. The number of carbonyl (C=O) groups is 1. The number of rotatable bonds is 9. The van der Waals surface area contributed by atoms with Crippen molar-refractivity contribution < 1.29 is 13.2 Å². The van der Waals surface area contributed by atoms with Crippen LogP contribution >= 0.6 is 11.3 Å². The molecule has 0 saturated carbocycles. The summed E-state index contributed by atoms with van der Waals surface area (Å²) < 4.78 is 26.6. The monoisotopic (exact) mass is 419 g/mol. The Labute approximate surface area is 170 Å². The number of unbranched alkanes of at least 4 members (excludes halogenated alkanes) is 2. The van der Waals surface area contributed by atoms with Gasteiger partial charge in [-0.1, -0.05) is 18.6 Å². The average molecular weight is 420 g/mol. The molecule has 28 heavy (non-hydrogen) atoms. The lowest BCUT2D eigenvalue weighted by molar-refractivity contribution is -0.121. The van der Waals surface area contributed by atoms with Crippen LogP contribution in [0.15, 0.2) is 51.0 Å². The van der Waals surface area contributed by atoms with E-state index in [9.17, 15) is 13.2 Å². The van der Waals surface area contributed by atoms with Gasteiger partial charge in [0.15, 0.2) is 0 Å². The number of aliphatic imine (C=N–C) groups is 1. The fourth-order valence-electron chi connectivity index (χ4n) is 3.18. The highest BCUT2D eigenvalue weighted by Gasteiger charge is 2.29. The quantitative estimate of drug-likeness (QED) is 0.612. The predicted molar refractivity (Wildman–Crippen MR) is 112 cm³/mol. The second-order valence-corrected chi connectivity index (χ2v) is 9.38. The Morgan fingerprint density at radius 2 is 2.04 bits per heavy atom. The van der Waals surface area contributed by atoms with Crippen LogP contribution in [-0.4, -0.2) is 32.7 Å². The van der Waals surface area contributed by atoms with Gasteiger partial charge in [0, 0.05) is 24.6 Å². The molecular weight excluding hydrogens is 394 g/mol. The molecule has 1 aliphatic rings. The number of amides is 1. The van der Waals surface area contributed by atoms with Gasteiger partial charge < -0.3 is 5.32 Å². The molecule has 1 aromatic carbocycles. The first-order valence-corrected chi connectivity index (χ1v) is 11.9. The number of hydrogen-bond acceptors (Lipinski definition) is 5. The number of hydrogen-bond donors (Lipinski definition) is 2. The first-order chi connectivity index (χ1) is 13.5. The maximum atomic E-state index is 12.0. The topological polar surface area (TPSA) is 87.6 Å². The van der Waals surface area contributed by atoms with Crippen LogP contribution < -0.4 is 10.0 Å². The molecule has 2 heterocycles. The van der Waals surface area contributed by atoms with Gasteiger partial charge >= 0.3 is 0 Å². The molecule has 0 spiro atoms. The molecule has 8 heteroatoms. The summed E-state index contributed by atoms with van der Waals surface area (Å²) in [5.74, 6) is 0.488. The molecule has 1 atom stereocenters. The van der Waals surface area contributed by atoms with E-state index in [1.807, 2.05) is 12.3 Å². The molecule has 0 aliphatic carbocycles. The minimum absolute atomic E-state index is 0.0755. The van der Waals surface area contributed by atoms with E-state index in [1.165, 1.54) is 5.56 Å². The first kappa shape index (κ1) is 20.5. The number of benzene rings is 1. The van der Waals surface area contributed by atoms with Crippen LogP contribution in [0.5, 0.6) is 0 Å². The van der Waals surface area contributed by atoms with Crippen molar-refractivity contribution in [2.75, 3.05) is 6.54 Å². The third-order valence-electron chi connectivity index (χ3n) is 4.52. The highest BCUT2D eigenvalue weighted by molar-refractivity contribution is 7.90. The zero-order valence-corrected chi connectivity index (χ0v) is 17.5. The van der Waals surface area contributed by atoms with Crippen molar-refractivity contribution in [1.82, 2.24) is 10.0 Å². The molecule has 1 aliphatic heterocycles.